The van der Waals surface area contributed by atoms with Crippen molar-refractivity contribution in [3.63, 3.8) is 0 Å². The highest BCUT2D eigenvalue weighted by Crippen LogP contribution is 2.25. The molecule has 1 heterocycles. The summed E-state index contributed by atoms with van der Waals surface area (Å²) >= 11 is 11.8. The molecule has 0 aliphatic rings. The van der Waals surface area contributed by atoms with Gasteiger partial charge in [-0.2, -0.15) is 0 Å². The molecule has 0 spiro atoms. The lowest BCUT2D eigenvalue weighted by molar-refractivity contribution is 0.264. The molecule has 2 aromatic carbocycles. The van der Waals surface area contributed by atoms with Gasteiger partial charge in [-0.1, -0.05) is 40.9 Å². The molecule has 0 bridgehead atoms. The van der Waals surface area contributed by atoms with Crippen LogP contribution in [0.3, 0.4) is 0 Å². The number of halogens is 2. The summed E-state index contributed by atoms with van der Waals surface area (Å²) < 4.78 is 11.2. The molecule has 3 aromatic rings. The molecule has 0 radical (unpaired) electrons. The Morgan fingerprint density at radius 1 is 1.05 bits per heavy atom. The van der Waals surface area contributed by atoms with Crippen molar-refractivity contribution in [3.05, 3.63) is 64.0 Å². The summed E-state index contributed by atoms with van der Waals surface area (Å²) in [4.78, 5) is 0. The number of nitrogens with zero attached hydrogens (tertiary/aromatic N) is 2. The normalized spacial score (nSPS) is 10.7. The van der Waals surface area contributed by atoms with Gasteiger partial charge in [0.2, 0.25) is 5.89 Å². The molecule has 4 nitrogen and oxygen atoms in total. The Morgan fingerprint density at radius 3 is 2.55 bits per heavy atom. The van der Waals surface area contributed by atoms with Crippen molar-refractivity contribution < 1.29 is 9.15 Å². The van der Waals surface area contributed by atoms with Crippen molar-refractivity contribution in [3.8, 4) is 17.2 Å². The van der Waals surface area contributed by atoms with Gasteiger partial charge in [0, 0.05) is 15.6 Å². The van der Waals surface area contributed by atoms with E-state index >= 15 is 0 Å². The number of aryl methyl sites for hydroxylation is 1. The lowest BCUT2D eigenvalue weighted by Crippen LogP contribution is -1.95. The van der Waals surface area contributed by atoms with Gasteiger partial charge in [0.25, 0.3) is 5.89 Å². The zero-order chi connectivity index (χ0) is 15.5. The molecule has 0 N–H and O–H groups in total. The van der Waals surface area contributed by atoms with Crippen LogP contribution >= 0.6 is 23.2 Å². The zero-order valence-electron chi connectivity index (χ0n) is 11.7. The molecule has 0 fully saturated rings. The second-order valence-electron chi connectivity index (χ2n) is 4.76. The van der Waals surface area contributed by atoms with Crippen molar-refractivity contribution in [1.82, 2.24) is 10.2 Å². The Kier molecular flexibility index (Phi) is 4.32. The standard InChI is InChI=1S/C16H12Cl2N2O2/c1-10-3-2-4-11(5-10)16-20-19-15(22-16)9-21-14-7-12(17)6-13(18)8-14/h2-8H,9H2,1H3. The van der Waals surface area contributed by atoms with E-state index < -0.39 is 0 Å². The van der Waals surface area contributed by atoms with Gasteiger partial charge in [0.15, 0.2) is 6.61 Å². The van der Waals surface area contributed by atoms with Crippen molar-refractivity contribution in [2.45, 2.75) is 13.5 Å². The summed E-state index contributed by atoms with van der Waals surface area (Å²) in [6, 6.07) is 12.8. The van der Waals surface area contributed by atoms with Gasteiger partial charge in [-0.15, -0.1) is 10.2 Å². The highest BCUT2D eigenvalue weighted by Gasteiger charge is 2.09. The Morgan fingerprint density at radius 2 is 1.82 bits per heavy atom. The number of hydrogen-bond acceptors (Lipinski definition) is 4. The van der Waals surface area contributed by atoms with Crippen LogP contribution in [0, 0.1) is 6.92 Å². The van der Waals surface area contributed by atoms with Gasteiger partial charge in [-0.3, -0.25) is 0 Å². The average molecular weight is 335 g/mol. The molecule has 0 amide bonds. The predicted molar refractivity (Wildman–Crippen MR) is 85.3 cm³/mol. The van der Waals surface area contributed by atoms with Crippen LogP contribution in [-0.4, -0.2) is 10.2 Å². The fourth-order valence-electron chi connectivity index (χ4n) is 1.96. The quantitative estimate of drug-likeness (QED) is 0.678. The molecule has 0 aliphatic heterocycles. The maximum Gasteiger partial charge on any atom is 0.254 e. The molecule has 0 aliphatic carbocycles. The molecule has 0 saturated heterocycles. The highest BCUT2D eigenvalue weighted by molar-refractivity contribution is 6.34. The highest BCUT2D eigenvalue weighted by atomic mass is 35.5. The molecule has 0 atom stereocenters. The van der Waals surface area contributed by atoms with Gasteiger partial charge in [-0.25, -0.2) is 0 Å². The van der Waals surface area contributed by atoms with Gasteiger partial charge in [0.1, 0.15) is 5.75 Å². The third-order valence-electron chi connectivity index (χ3n) is 2.93. The minimum atomic E-state index is 0.148. The first-order valence-corrected chi connectivity index (χ1v) is 7.34. The molecule has 0 saturated carbocycles. The van der Waals surface area contributed by atoms with E-state index in [9.17, 15) is 0 Å². The minimum Gasteiger partial charge on any atom is -0.484 e. The van der Waals surface area contributed by atoms with Crippen LogP contribution in [-0.2, 0) is 6.61 Å². The Labute approximate surface area is 137 Å². The van der Waals surface area contributed by atoms with E-state index in [1.54, 1.807) is 18.2 Å². The maximum absolute atomic E-state index is 5.91. The van der Waals surface area contributed by atoms with Gasteiger partial charge < -0.3 is 9.15 Å². The topological polar surface area (TPSA) is 48.2 Å². The molecule has 3 rings (SSSR count). The maximum atomic E-state index is 5.91. The van der Waals surface area contributed by atoms with Crippen molar-refractivity contribution in [1.29, 1.82) is 0 Å². The van der Waals surface area contributed by atoms with E-state index in [4.69, 9.17) is 32.4 Å². The van der Waals surface area contributed by atoms with Crippen molar-refractivity contribution >= 4 is 23.2 Å². The van der Waals surface area contributed by atoms with Crippen molar-refractivity contribution in [2.75, 3.05) is 0 Å². The molecule has 6 heteroatoms. The molecule has 112 valence electrons. The number of hydrogen-bond donors (Lipinski definition) is 0. The smallest absolute Gasteiger partial charge is 0.254 e. The Hall–Kier alpha value is -2.04. The second kappa shape index (κ2) is 6.38. The summed E-state index contributed by atoms with van der Waals surface area (Å²) in [5.41, 5.74) is 2.01. The van der Waals surface area contributed by atoms with Crippen LogP contribution in [0.25, 0.3) is 11.5 Å². The summed E-state index contributed by atoms with van der Waals surface area (Å²) in [7, 11) is 0. The third-order valence-corrected chi connectivity index (χ3v) is 3.37. The summed E-state index contributed by atoms with van der Waals surface area (Å²) in [5, 5.41) is 9.02. The van der Waals surface area contributed by atoms with Gasteiger partial charge in [0.05, 0.1) is 0 Å². The SMILES string of the molecule is Cc1cccc(-c2nnc(COc3cc(Cl)cc(Cl)c3)o2)c1. The molecular weight excluding hydrogens is 323 g/mol. The van der Waals surface area contributed by atoms with Gasteiger partial charge in [-0.05, 0) is 37.3 Å². The number of benzene rings is 2. The molecule has 0 unspecified atom stereocenters. The largest absolute Gasteiger partial charge is 0.484 e. The number of aromatic nitrogens is 2. The van der Waals surface area contributed by atoms with E-state index in [-0.39, 0.29) is 6.61 Å². The Balaban J connectivity index is 1.72. The van der Waals surface area contributed by atoms with Crippen LogP contribution < -0.4 is 4.74 Å². The van der Waals surface area contributed by atoms with E-state index in [2.05, 4.69) is 10.2 Å². The summed E-state index contributed by atoms with van der Waals surface area (Å²) in [5.74, 6) is 1.40. The number of ether oxygens (including phenoxy) is 1. The molecule has 22 heavy (non-hydrogen) atoms. The number of rotatable bonds is 4. The van der Waals surface area contributed by atoms with Crippen molar-refractivity contribution in [2.24, 2.45) is 0 Å². The minimum absolute atomic E-state index is 0.148. The lowest BCUT2D eigenvalue weighted by atomic mass is 10.1. The fourth-order valence-corrected chi connectivity index (χ4v) is 2.47. The first-order valence-electron chi connectivity index (χ1n) is 6.58. The van der Waals surface area contributed by atoms with E-state index in [0.717, 1.165) is 11.1 Å². The fraction of sp³-hybridized carbons (Fsp3) is 0.125. The average Bonchev–Trinajstić information content (AvgIpc) is 2.93. The first-order chi connectivity index (χ1) is 10.6. The zero-order valence-corrected chi connectivity index (χ0v) is 13.2. The third kappa shape index (κ3) is 3.59. The van der Waals surface area contributed by atoms with Crippen LogP contribution in [0.1, 0.15) is 11.5 Å². The summed E-state index contributed by atoms with van der Waals surface area (Å²) in [6.45, 7) is 2.16. The predicted octanol–water partition coefficient (Wildman–Crippen LogP) is 4.93. The van der Waals surface area contributed by atoms with E-state index in [1.807, 2.05) is 31.2 Å². The second-order valence-corrected chi connectivity index (χ2v) is 5.64. The molecule has 1 aromatic heterocycles. The first kappa shape index (κ1) is 14.9. The van der Waals surface area contributed by atoms with Crippen LogP contribution in [0.5, 0.6) is 5.75 Å². The van der Waals surface area contributed by atoms with Crippen LogP contribution in [0.15, 0.2) is 46.9 Å². The monoisotopic (exact) mass is 334 g/mol. The van der Waals surface area contributed by atoms with Crippen LogP contribution in [0.4, 0.5) is 0 Å². The van der Waals surface area contributed by atoms with Gasteiger partial charge >= 0.3 is 0 Å². The lowest BCUT2D eigenvalue weighted by Gasteiger charge is -2.04. The van der Waals surface area contributed by atoms with Crippen LogP contribution in [0.2, 0.25) is 10.0 Å². The molecular formula is C16H12Cl2N2O2. The Bertz CT molecular complexity index is 782. The van der Waals surface area contributed by atoms with E-state index in [0.29, 0.717) is 27.6 Å². The summed E-state index contributed by atoms with van der Waals surface area (Å²) in [6.07, 6.45) is 0. The van der Waals surface area contributed by atoms with E-state index in [1.165, 1.54) is 0 Å².